The third-order valence-electron chi connectivity index (χ3n) is 13.1. The second-order valence-corrected chi connectivity index (χ2v) is 22.4. The molecule has 5 aromatic carbocycles. The largest absolute Gasteiger partial charge is 0.458 e. The van der Waals surface area contributed by atoms with E-state index >= 15 is 0 Å². The molecule has 2 heterocycles. The summed E-state index contributed by atoms with van der Waals surface area (Å²) in [6, 6.07) is 44.6. The van der Waals surface area contributed by atoms with Crippen LogP contribution in [0.15, 0.2) is 152 Å². The molecule has 2 aliphatic rings. The second-order valence-electron chi connectivity index (χ2n) is 22.4. The van der Waals surface area contributed by atoms with Gasteiger partial charge in [0.05, 0.1) is 52.4 Å². The molecule has 442 valence electrons. The van der Waals surface area contributed by atoms with Gasteiger partial charge in [-0.15, -0.1) is 0 Å². The molecule has 0 aliphatic carbocycles. The maximum Gasteiger partial charge on any atom is 0.408 e. The molecule has 0 saturated carbocycles. The van der Waals surface area contributed by atoms with Gasteiger partial charge in [0.2, 0.25) is 11.8 Å². The lowest BCUT2D eigenvalue weighted by Crippen LogP contribution is -2.68. The number of ether oxygens (including phenoxy) is 11. The van der Waals surface area contributed by atoms with Crippen molar-refractivity contribution < 1.29 is 71.3 Å². The van der Waals surface area contributed by atoms with Crippen LogP contribution in [0.1, 0.15) is 90.1 Å². The smallest absolute Gasteiger partial charge is 0.408 e. The Morgan fingerprint density at radius 3 is 1.21 bits per heavy atom. The number of nitrogens with one attached hydrogen (secondary N) is 3. The van der Waals surface area contributed by atoms with Gasteiger partial charge in [-0.1, -0.05) is 152 Å². The van der Waals surface area contributed by atoms with E-state index in [9.17, 15) is 19.2 Å². The molecule has 2 aliphatic heterocycles. The van der Waals surface area contributed by atoms with Crippen molar-refractivity contribution in [2.75, 3.05) is 13.2 Å². The van der Waals surface area contributed by atoms with E-state index in [1.807, 2.05) is 152 Å². The minimum Gasteiger partial charge on any atom is -0.458 e. The van der Waals surface area contributed by atoms with Crippen molar-refractivity contribution in [1.82, 2.24) is 16.0 Å². The number of carbonyl (C=O) groups excluding carboxylic acids is 4. The highest BCUT2D eigenvalue weighted by Crippen LogP contribution is 2.34. The first-order chi connectivity index (χ1) is 39.3. The Balaban J connectivity index is 1.28. The van der Waals surface area contributed by atoms with Gasteiger partial charge in [0.25, 0.3) is 0 Å². The van der Waals surface area contributed by atoms with Crippen molar-refractivity contribution >= 4 is 23.9 Å². The summed E-state index contributed by atoms with van der Waals surface area (Å²) in [6.07, 6.45) is -10.4. The van der Waals surface area contributed by atoms with Crippen LogP contribution in [0.25, 0.3) is 0 Å². The van der Waals surface area contributed by atoms with Crippen molar-refractivity contribution in [3.63, 3.8) is 0 Å². The number of hydrogen-bond donors (Lipinski definition) is 3. The summed E-state index contributed by atoms with van der Waals surface area (Å²) in [5, 5.41) is 8.74. The minimum atomic E-state index is -1.44. The average molecular weight is 1130 g/mol. The van der Waals surface area contributed by atoms with Gasteiger partial charge in [0.1, 0.15) is 59.9 Å². The number of carbonyl (C=O) groups is 4. The van der Waals surface area contributed by atoms with Crippen molar-refractivity contribution in [2.24, 2.45) is 0 Å². The number of hydrogen-bond acceptors (Lipinski definition) is 15. The lowest BCUT2D eigenvalue weighted by Gasteiger charge is -2.48. The van der Waals surface area contributed by atoms with Gasteiger partial charge in [-0.2, -0.15) is 0 Å². The summed E-state index contributed by atoms with van der Waals surface area (Å²) >= 11 is 0. The molecular formula is C64H81N3O15. The highest BCUT2D eigenvalue weighted by atomic mass is 16.7. The zero-order chi connectivity index (χ0) is 58.7. The Hall–Kier alpha value is -6.58. The molecule has 2 saturated heterocycles. The van der Waals surface area contributed by atoms with Crippen molar-refractivity contribution in [2.45, 2.75) is 180 Å². The molecule has 0 spiro atoms. The Kier molecular flexibility index (Phi) is 23.5. The highest BCUT2D eigenvalue weighted by Gasteiger charge is 2.53. The molecule has 0 bridgehead atoms. The van der Waals surface area contributed by atoms with Crippen LogP contribution in [0, 0.1) is 0 Å². The Morgan fingerprint density at radius 1 is 0.463 bits per heavy atom. The van der Waals surface area contributed by atoms with Gasteiger partial charge in [-0.3, -0.25) is 9.59 Å². The fourth-order valence-electron chi connectivity index (χ4n) is 9.49. The normalized spacial score (nSPS) is 23.6. The quantitative estimate of drug-likeness (QED) is 0.0443. The van der Waals surface area contributed by atoms with Crippen LogP contribution in [-0.4, -0.2) is 122 Å². The van der Waals surface area contributed by atoms with E-state index in [4.69, 9.17) is 52.1 Å². The molecule has 82 heavy (non-hydrogen) atoms. The van der Waals surface area contributed by atoms with Gasteiger partial charge in [0, 0.05) is 13.8 Å². The van der Waals surface area contributed by atoms with E-state index in [0.29, 0.717) is 0 Å². The SMILES string of the molecule is CC(=O)N[C@H]1[C@@H](O[C@H](C)[C@H](NC(=O)OC(C)(C)C)C(=O)OC(C)(C)C)O[C@H](CO[C@@H]2O[C@H](COCc3ccccc3)[C@@H](OCc3ccccc3)[C@H](OCc3ccccc3)[C@H]2NC(C)=O)[C@H](OCc2ccccc2)[C@@H]1OCc1ccccc1. The summed E-state index contributed by atoms with van der Waals surface area (Å²) in [6.45, 7) is 15.0. The maximum absolute atomic E-state index is 14.1. The average Bonchev–Trinajstić information content (AvgIpc) is 3.53. The molecule has 0 aromatic heterocycles. The van der Waals surface area contributed by atoms with E-state index < -0.39 is 103 Å². The standard InChI is InChI=1S/C64H81N3O15/c1-42(52(59(70)81-63(4,5)6)67-62(71)82-64(7,8)9)78-61-54(66-44(3)69)58(76-39-49-33-23-14-24-34-49)56(74-37-47-29-19-12-20-30-47)51(80-61)41-77-60-53(65-43(2)68)57(75-38-48-31-21-13-22-32-48)55(73-36-46-27-17-11-18-28-46)50(79-60)40-72-35-45-25-15-10-16-26-45/h10-34,42,50-58,60-61H,35-41H2,1-9H3,(H,65,68)(H,66,69)(H,67,71)/t42-,50-,51-,52+,53-,54-,55-,56+,57-,58-,60-,61+/m1/s1. The summed E-state index contributed by atoms with van der Waals surface area (Å²) in [5.74, 6) is -1.65. The van der Waals surface area contributed by atoms with Crippen LogP contribution < -0.4 is 16.0 Å². The maximum atomic E-state index is 14.1. The van der Waals surface area contributed by atoms with Crippen LogP contribution in [0.2, 0.25) is 0 Å². The van der Waals surface area contributed by atoms with Crippen molar-refractivity contribution in [1.29, 1.82) is 0 Å². The number of amides is 3. The van der Waals surface area contributed by atoms with Gasteiger partial charge in [-0.05, 0) is 76.3 Å². The lowest BCUT2D eigenvalue weighted by atomic mass is 9.94. The Morgan fingerprint density at radius 2 is 0.817 bits per heavy atom. The van der Waals surface area contributed by atoms with Gasteiger partial charge >= 0.3 is 12.1 Å². The fourth-order valence-corrected chi connectivity index (χ4v) is 9.49. The Bertz CT molecular complexity index is 2710. The molecule has 5 aromatic rings. The first-order valence-electron chi connectivity index (χ1n) is 27.9. The molecule has 18 heteroatoms. The third kappa shape index (κ3) is 20.1. The molecule has 18 nitrogen and oxygen atoms in total. The van der Waals surface area contributed by atoms with Crippen molar-refractivity contribution in [3.8, 4) is 0 Å². The molecule has 12 atom stereocenters. The van der Waals surface area contributed by atoms with Crippen LogP contribution >= 0.6 is 0 Å². The highest BCUT2D eigenvalue weighted by molar-refractivity contribution is 5.82. The monoisotopic (exact) mass is 1130 g/mol. The fraction of sp³-hybridized carbons (Fsp3) is 0.469. The predicted octanol–water partition coefficient (Wildman–Crippen LogP) is 8.66. The predicted molar refractivity (Wildman–Crippen MR) is 304 cm³/mol. The Labute approximate surface area is 482 Å². The summed E-state index contributed by atoms with van der Waals surface area (Å²) in [7, 11) is 0. The summed E-state index contributed by atoms with van der Waals surface area (Å²) in [4.78, 5) is 54.4. The van der Waals surface area contributed by atoms with Crippen LogP contribution in [-0.2, 0) is 99.5 Å². The van der Waals surface area contributed by atoms with Gasteiger partial charge in [-0.25, -0.2) is 9.59 Å². The number of alkyl carbamates (subject to hydrolysis) is 1. The van der Waals surface area contributed by atoms with Gasteiger partial charge < -0.3 is 68.1 Å². The molecule has 2 fully saturated rings. The lowest BCUT2D eigenvalue weighted by molar-refractivity contribution is -0.323. The minimum absolute atomic E-state index is 0.0344. The van der Waals surface area contributed by atoms with E-state index in [1.165, 1.54) is 13.8 Å². The van der Waals surface area contributed by atoms with Crippen LogP contribution in [0.4, 0.5) is 4.79 Å². The van der Waals surface area contributed by atoms with Gasteiger partial charge in [0.15, 0.2) is 18.6 Å². The third-order valence-corrected chi connectivity index (χ3v) is 13.1. The number of rotatable bonds is 26. The second kappa shape index (κ2) is 30.6. The van der Waals surface area contributed by atoms with E-state index in [-0.39, 0.29) is 52.2 Å². The zero-order valence-corrected chi connectivity index (χ0v) is 48.4. The summed E-state index contributed by atoms with van der Waals surface area (Å²) < 4.78 is 72.8. The van der Waals surface area contributed by atoms with E-state index in [0.717, 1.165) is 27.8 Å². The number of benzene rings is 5. The van der Waals surface area contributed by atoms with Crippen LogP contribution in [0.5, 0.6) is 0 Å². The molecule has 0 radical (unpaired) electrons. The first kappa shape index (κ1) is 63.0. The summed E-state index contributed by atoms with van der Waals surface area (Å²) in [5.41, 5.74) is 2.51. The molecule has 3 N–H and O–H groups in total. The van der Waals surface area contributed by atoms with Crippen molar-refractivity contribution in [3.05, 3.63) is 179 Å². The first-order valence-corrected chi connectivity index (χ1v) is 27.9. The van der Waals surface area contributed by atoms with Crippen LogP contribution in [0.3, 0.4) is 0 Å². The van der Waals surface area contributed by atoms with E-state index in [1.54, 1.807) is 48.5 Å². The zero-order valence-electron chi connectivity index (χ0n) is 48.4. The molecule has 0 unspecified atom stereocenters. The molecule has 7 rings (SSSR count). The molecule has 3 amide bonds. The van der Waals surface area contributed by atoms with E-state index in [2.05, 4.69) is 16.0 Å². The number of esters is 1. The molecular weight excluding hydrogens is 1050 g/mol. The topological polar surface area (TPSA) is 206 Å².